The van der Waals surface area contributed by atoms with Crippen molar-refractivity contribution >= 4 is 33.5 Å². The molecule has 8 heteroatoms. The van der Waals surface area contributed by atoms with Gasteiger partial charge in [0.25, 0.3) is 0 Å². The van der Waals surface area contributed by atoms with Crippen molar-refractivity contribution in [2.45, 2.75) is 104 Å². The highest BCUT2D eigenvalue weighted by Gasteiger charge is 2.23. The number of aryl methyl sites for hydroxylation is 1. The lowest BCUT2D eigenvalue weighted by Gasteiger charge is -2.23. The van der Waals surface area contributed by atoms with Crippen LogP contribution in [0.1, 0.15) is 90.5 Å². The van der Waals surface area contributed by atoms with E-state index in [1.54, 1.807) is 0 Å². The second-order valence-corrected chi connectivity index (χ2v) is 14.2. The van der Waals surface area contributed by atoms with Gasteiger partial charge in [0.2, 0.25) is 0 Å². The van der Waals surface area contributed by atoms with Gasteiger partial charge in [-0.3, -0.25) is 9.59 Å². The summed E-state index contributed by atoms with van der Waals surface area (Å²) in [5.41, 5.74) is 1.14. The molecule has 5 rings (SSSR count). The minimum absolute atomic E-state index is 0.0927. The van der Waals surface area contributed by atoms with Crippen molar-refractivity contribution in [2.75, 3.05) is 26.4 Å². The van der Waals surface area contributed by atoms with Gasteiger partial charge in [-0.2, -0.15) is 0 Å². The number of carbonyl (C=O) groups excluding carboxylic acids is 2. The third-order valence-corrected chi connectivity index (χ3v) is 9.65. The first kappa shape index (κ1) is 41.9. The quantitative estimate of drug-likeness (QED) is 0.0330. The molecule has 0 bridgehead atoms. The normalized spacial score (nSPS) is 12.2. The van der Waals surface area contributed by atoms with Gasteiger partial charge in [0, 0.05) is 34.4 Å². The largest absolute Gasteiger partial charge is 0.490 e. The number of rotatable bonds is 25. The molecule has 298 valence electrons. The van der Waals surface area contributed by atoms with Crippen molar-refractivity contribution in [1.82, 2.24) is 0 Å². The predicted molar refractivity (Wildman–Crippen MR) is 223 cm³/mol. The van der Waals surface area contributed by atoms with E-state index >= 15 is 0 Å². The fourth-order valence-electron chi connectivity index (χ4n) is 6.56. The van der Waals surface area contributed by atoms with Gasteiger partial charge in [-0.1, -0.05) is 132 Å². The Bertz CT molecular complexity index is 1930. The topological polar surface area (TPSA) is 89.5 Å². The van der Waals surface area contributed by atoms with Crippen molar-refractivity contribution in [3.05, 3.63) is 109 Å². The molecule has 0 radical (unpaired) electrons. The number of hydrogen-bond donors (Lipinski definition) is 0. The molecule has 8 nitrogen and oxygen atoms in total. The molecular weight excluding hydrogens is 705 g/mol. The molecule has 0 heterocycles. The Labute approximate surface area is 332 Å². The number of carbonyl (C=O) groups is 2. The number of ether oxygens (including phenoxy) is 6. The van der Waals surface area contributed by atoms with Gasteiger partial charge < -0.3 is 28.4 Å². The molecule has 0 aliphatic rings. The Balaban J connectivity index is 1.41. The third-order valence-electron chi connectivity index (χ3n) is 9.65. The van der Waals surface area contributed by atoms with E-state index in [2.05, 4.69) is 39.0 Å². The van der Waals surface area contributed by atoms with E-state index in [4.69, 9.17) is 28.4 Å². The first-order valence-corrected chi connectivity index (χ1v) is 20.5. The zero-order chi connectivity index (χ0) is 39.4. The third kappa shape index (κ3) is 12.9. The Kier molecular flexibility index (Phi) is 17.2. The van der Waals surface area contributed by atoms with Crippen LogP contribution in [0.3, 0.4) is 0 Å². The Hall–Kier alpha value is -5.24. The second-order valence-electron chi connectivity index (χ2n) is 14.2. The van der Waals surface area contributed by atoms with Gasteiger partial charge >= 0.3 is 11.9 Å². The minimum Gasteiger partial charge on any atom is -0.490 e. The maximum atomic E-state index is 13.0. The number of benzene rings is 5. The highest BCUT2D eigenvalue weighted by Crippen LogP contribution is 2.43. The molecule has 0 saturated heterocycles. The van der Waals surface area contributed by atoms with Crippen LogP contribution in [0.25, 0.3) is 21.5 Å². The average Bonchev–Trinajstić information content (AvgIpc) is 3.23. The van der Waals surface area contributed by atoms with E-state index in [1.807, 2.05) is 84.9 Å². The van der Waals surface area contributed by atoms with Crippen molar-refractivity contribution in [2.24, 2.45) is 0 Å². The highest BCUT2D eigenvalue weighted by molar-refractivity contribution is 6.11. The van der Waals surface area contributed by atoms with Crippen LogP contribution in [-0.2, 0) is 25.5 Å². The van der Waals surface area contributed by atoms with Crippen LogP contribution in [0.15, 0.2) is 103 Å². The molecule has 5 aromatic rings. The molecule has 5 aromatic carbocycles. The summed E-state index contributed by atoms with van der Waals surface area (Å²) in [5.74, 6) is 2.20. The van der Waals surface area contributed by atoms with E-state index < -0.39 is 12.2 Å². The fourth-order valence-corrected chi connectivity index (χ4v) is 6.56. The number of fused-ring (bicyclic) bond motifs is 2. The van der Waals surface area contributed by atoms with E-state index in [1.165, 1.54) is 0 Å². The van der Waals surface area contributed by atoms with Crippen LogP contribution < -0.4 is 18.9 Å². The maximum absolute atomic E-state index is 13.0. The summed E-state index contributed by atoms with van der Waals surface area (Å²) in [6.45, 7) is 6.89. The molecule has 0 amide bonds. The SMILES string of the molecule is CCCCCCC(=O)OC(COc1ccccc1)COc1c2ccccc2c(OCC(COc2ccccc2)OC(=O)CCCCCC)c2cc(CC)ccc12. The smallest absolute Gasteiger partial charge is 0.306 e. The predicted octanol–water partition coefficient (Wildman–Crippen LogP) is 11.2. The lowest BCUT2D eigenvalue weighted by molar-refractivity contribution is -0.153. The number of unbranched alkanes of at least 4 members (excludes halogenated alkanes) is 6. The molecule has 0 aliphatic heterocycles. The lowest BCUT2D eigenvalue weighted by Crippen LogP contribution is -2.31. The molecule has 0 spiro atoms. The van der Waals surface area contributed by atoms with Crippen LogP contribution in [-0.4, -0.2) is 50.6 Å². The molecule has 0 aliphatic carbocycles. The van der Waals surface area contributed by atoms with E-state index in [-0.39, 0.29) is 38.4 Å². The summed E-state index contributed by atoms with van der Waals surface area (Å²) < 4.78 is 37.5. The minimum atomic E-state index is -0.644. The van der Waals surface area contributed by atoms with Gasteiger partial charge in [0.05, 0.1) is 0 Å². The molecule has 0 saturated carbocycles. The second kappa shape index (κ2) is 23.0. The van der Waals surface area contributed by atoms with E-state index in [9.17, 15) is 9.59 Å². The molecule has 0 aromatic heterocycles. The van der Waals surface area contributed by atoms with Crippen molar-refractivity contribution in [1.29, 1.82) is 0 Å². The molecule has 0 N–H and O–H groups in total. The average molecular weight is 763 g/mol. The van der Waals surface area contributed by atoms with Gasteiger partial charge in [-0.25, -0.2) is 0 Å². The van der Waals surface area contributed by atoms with Crippen LogP contribution in [0.2, 0.25) is 0 Å². The Morgan fingerprint density at radius 1 is 0.464 bits per heavy atom. The van der Waals surface area contributed by atoms with Gasteiger partial charge in [-0.05, 0) is 55.2 Å². The Morgan fingerprint density at radius 2 is 0.893 bits per heavy atom. The Morgan fingerprint density at radius 3 is 1.36 bits per heavy atom. The molecule has 56 heavy (non-hydrogen) atoms. The molecule has 2 unspecified atom stereocenters. The van der Waals surface area contributed by atoms with Crippen LogP contribution in [0, 0.1) is 0 Å². The first-order valence-electron chi connectivity index (χ1n) is 20.5. The fraction of sp³-hybridized carbons (Fsp3) is 0.417. The van der Waals surface area contributed by atoms with Crippen molar-refractivity contribution in [3.63, 3.8) is 0 Å². The van der Waals surface area contributed by atoms with Crippen LogP contribution >= 0.6 is 0 Å². The summed E-state index contributed by atoms with van der Waals surface area (Å²) in [5, 5.41) is 3.42. The molecule has 2 atom stereocenters. The van der Waals surface area contributed by atoms with Gasteiger partial charge in [0.15, 0.2) is 12.2 Å². The molecular formula is C48H58O8. The summed E-state index contributed by atoms with van der Waals surface area (Å²) in [6, 6.07) is 33.2. The first-order chi connectivity index (χ1) is 27.5. The summed E-state index contributed by atoms with van der Waals surface area (Å²) >= 11 is 0. The summed E-state index contributed by atoms with van der Waals surface area (Å²) in [6.07, 6.45) is 8.16. The number of para-hydroxylation sites is 2. The van der Waals surface area contributed by atoms with Crippen molar-refractivity contribution in [3.8, 4) is 23.0 Å². The summed E-state index contributed by atoms with van der Waals surface area (Å²) in [7, 11) is 0. The lowest BCUT2D eigenvalue weighted by atomic mass is 9.98. The highest BCUT2D eigenvalue weighted by atomic mass is 16.6. The standard InChI is InChI=1S/C48H58O8/c1-4-7-9-17-27-45(49)55-39(32-51-37-21-13-11-14-22-37)34-53-47-41-25-19-20-26-42(41)48(44-31-36(6-3)29-30-43(44)47)54-35-40(33-52-38-23-15-12-16-24-38)56-46(50)28-18-10-8-5-2/h11-16,19-26,29-31,39-40H,4-10,17-18,27-28,32-35H2,1-3H3. The summed E-state index contributed by atoms with van der Waals surface area (Å²) in [4.78, 5) is 26.0. The van der Waals surface area contributed by atoms with Crippen LogP contribution in [0.5, 0.6) is 23.0 Å². The van der Waals surface area contributed by atoms with Crippen LogP contribution in [0.4, 0.5) is 0 Å². The van der Waals surface area contributed by atoms with Gasteiger partial charge in [0.1, 0.15) is 49.4 Å². The number of esters is 2. The maximum Gasteiger partial charge on any atom is 0.306 e. The molecule has 0 fully saturated rings. The zero-order valence-corrected chi connectivity index (χ0v) is 33.3. The van der Waals surface area contributed by atoms with E-state index in [0.29, 0.717) is 35.8 Å². The zero-order valence-electron chi connectivity index (χ0n) is 33.3. The van der Waals surface area contributed by atoms with Gasteiger partial charge in [-0.15, -0.1) is 0 Å². The number of hydrogen-bond acceptors (Lipinski definition) is 8. The van der Waals surface area contributed by atoms with E-state index in [0.717, 1.165) is 84.9 Å². The monoisotopic (exact) mass is 762 g/mol. The van der Waals surface area contributed by atoms with Crippen molar-refractivity contribution < 1.29 is 38.0 Å².